The van der Waals surface area contributed by atoms with Crippen molar-refractivity contribution in [3.8, 4) is 23.0 Å². The largest absolute Gasteiger partial charge is 0.493 e. The first-order valence-corrected chi connectivity index (χ1v) is 12.6. The predicted octanol–water partition coefficient (Wildman–Crippen LogP) is 5.74. The first kappa shape index (κ1) is 24.2. The van der Waals surface area contributed by atoms with Crippen LogP contribution in [0.15, 0.2) is 36.4 Å². The third kappa shape index (κ3) is 5.96. The number of carbonyl (C=O) groups is 1. The van der Waals surface area contributed by atoms with Crippen LogP contribution < -0.4 is 24.3 Å². The highest BCUT2D eigenvalue weighted by atomic mass is 16.5. The van der Waals surface area contributed by atoms with E-state index in [2.05, 4.69) is 17.4 Å². The van der Waals surface area contributed by atoms with Crippen LogP contribution in [0, 0.1) is 5.92 Å². The Morgan fingerprint density at radius 2 is 1.56 bits per heavy atom. The fraction of sp³-hybridized carbons (Fsp3) is 0.536. The predicted molar refractivity (Wildman–Crippen MR) is 132 cm³/mol. The molecule has 0 saturated heterocycles. The third-order valence-electron chi connectivity index (χ3n) is 6.68. The van der Waals surface area contributed by atoms with Gasteiger partial charge in [-0.3, -0.25) is 4.79 Å². The van der Waals surface area contributed by atoms with Crippen molar-refractivity contribution in [1.82, 2.24) is 5.32 Å². The summed E-state index contributed by atoms with van der Waals surface area (Å²) in [6.45, 7) is 5.73. The Morgan fingerprint density at radius 3 is 2.29 bits per heavy atom. The number of nitrogens with one attached hydrogen (secondary N) is 1. The molecule has 0 spiro atoms. The van der Waals surface area contributed by atoms with E-state index in [-0.39, 0.29) is 17.9 Å². The van der Waals surface area contributed by atoms with Crippen molar-refractivity contribution < 1.29 is 23.7 Å². The molecule has 0 aliphatic heterocycles. The topological polar surface area (TPSA) is 66.0 Å². The normalized spacial score (nSPS) is 19.9. The lowest BCUT2D eigenvalue weighted by Crippen LogP contribution is -2.41. The quantitative estimate of drug-likeness (QED) is 0.457. The van der Waals surface area contributed by atoms with Crippen molar-refractivity contribution in [2.75, 3.05) is 26.9 Å². The van der Waals surface area contributed by atoms with Gasteiger partial charge >= 0.3 is 0 Å². The van der Waals surface area contributed by atoms with Crippen molar-refractivity contribution in [2.24, 2.45) is 5.92 Å². The summed E-state index contributed by atoms with van der Waals surface area (Å²) in [7, 11) is 1.65. The number of benzene rings is 2. The minimum atomic E-state index is -0.0743. The van der Waals surface area contributed by atoms with E-state index >= 15 is 0 Å². The SMILES string of the molecule is CCOc1cc([C@H]2CCCC[C@H]2NC(=O)c2ccc(OCC)c(OCC3CC3)c2)ccc1OC. The molecule has 2 aromatic carbocycles. The maximum atomic E-state index is 13.3. The number of methoxy groups -OCH3 is 1. The summed E-state index contributed by atoms with van der Waals surface area (Å²) in [5, 5.41) is 3.31. The van der Waals surface area contributed by atoms with Crippen LogP contribution in [0.4, 0.5) is 0 Å². The van der Waals surface area contributed by atoms with E-state index in [9.17, 15) is 4.79 Å². The lowest BCUT2D eigenvalue weighted by Gasteiger charge is -2.33. The van der Waals surface area contributed by atoms with Gasteiger partial charge in [0.2, 0.25) is 0 Å². The van der Waals surface area contributed by atoms with Gasteiger partial charge in [-0.25, -0.2) is 0 Å². The molecule has 1 N–H and O–H groups in total. The fourth-order valence-corrected chi connectivity index (χ4v) is 4.68. The number of carbonyl (C=O) groups excluding carboxylic acids is 1. The number of hydrogen-bond donors (Lipinski definition) is 1. The minimum Gasteiger partial charge on any atom is -0.493 e. The second-order valence-corrected chi connectivity index (χ2v) is 9.16. The molecule has 0 aromatic heterocycles. The molecule has 2 fully saturated rings. The Labute approximate surface area is 202 Å². The van der Waals surface area contributed by atoms with Crippen LogP contribution in [-0.2, 0) is 0 Å². The molecule has 2 aliphatic carbocycles. The molecule has 0 radical (unpaired) electrons. The second-order valence-electron chi connectivity index (χ2n) is 9.16. The summed E-state index contributed by atoms with van der Waals surface area (Å²) < 4.78 is 23.0. The van der Waals surface area contributed by atoms with Crippen LogP contribution >= 0.6 is 0 Å². The van der Waals surface area contributed by atoms with E-state index in [0.29, 0.717) is 42.8 Å². The highest BCUT2D eigenvalue weighted by molar-refractivity contribution is 5.95. The van der Waals surface area contributed by atoms with Gasteiger partial charge in [-0.15, -0.1) is 0 Å². The van der Waals surface area contributed by atoms with Gasteiger partial charge in [-0.1, -0.05) is 18.9 Å². The van der Waals surface area contributed by atoms with E-state index in [1.54, 1.807) is 7.11 Å². The number of ether oxygens (including phenoxy) is 4. The van der Waals surface area contributed by atoms with Gasteiger partial charge in [-0.2, -0.15) is 0 Å². The average molecular weight is 468 g/mol. The molecule has 184 valence electrons. The van der Waals surface area contributed by atoms with Crippen molar-refractivity contribution >= 4 is 5.91 Å². The van der Waals surface area contributed by atoms with E-state index < -0.39 is 0 Å². The van der Waals surface area contributed by atoms with Gasteiger partial charge in [0, 0.05) is 17.5 Å². The average Bonchev–Trinajstić information content (AvgIpc) is 3.69. The zero-order chi connectivity index (χ0) is 23.9. The summed E-state index contributed by atoms with van der Waals surface area (Å²) in [6, 6.07) is 11.7. The van der Waals surface area contributed by atoms with Crippen LogP contribution in [0.25, 0.3) is 0 Å². The Morgan fingerprint density at radius 1 is 0.853 bits per heavy atom. The van der Waals surface area contributed by atoms with Gasteiger partial charge in [0.25, 0.3) is 5.91 Å². The summed E-state index contributed by atoms with van der Waals surface area (Å²) >= 11 is 0. The second kappa shape index (κ2) is 11.5. The Kier molecular flexibility index (Phi) is 8.20. The van der Waals surface area contributed by atoms with Gasteiger partial charge in [-0.05, 0) is 81.3 Å². The maximum absolute atomic E-state index is 13.3. The molecule has 0 unspecified atom stereocenters. The summed E-state index contributed by atoms with van der Waals surface area (Å²) in [5.74, 6) is 3.61. The molecule has 0 bridgehead atoms. The first-order valence-electron chi connectivity index (χ1n) is 12.6. The van der Waals surface area contributed by atoms with Crippen LogP contribution in [-0.4, -0.2) is 38.9 Å². The summed E-state index contributed by atoms with van der Waals surface area (Å²) in [5.41, 5.74) is 1.78. The van der Waals surface area contributed by atoms with E-state index in [1.165, 1.54) is 18.4 Å². The van der Waals surface area contributed by atoms with E-state index in [1.807, 2.05) is 38.1 Å². The van der Waals surface area contributed by atoms with E-state index in [0.717, 1.165) is 37.2 Å². The van der Waals surface area contributed by atoms with Crippen LogP contribution in [0.5, 0.6) is 23.0 Å². The standard InChI is InChI=1S/C28H37NO5/c1-4-32-25-15-13-21(17-27(25)34-18-19-10-11-19)28(30)29-23-9-7-6-8-22(23)20-12-14-24(31-3)26(16-20)33-5-2/h12-17,19,22-23H,4-11,18H2,1-3H3,(H,29,30)/t22-,23-/m1/s1. The summed E-state index contributed by atoms with van der Waals surface area (Å²) in [6.07, 6.45) is 6.66. The smallest absolute Gasteiger partial charge is 0.251 e. The van der Waals surface area contributed by atoms with Crippen molar-refractivity contribution in [2.45, 2.75) is 64.3 Å². The molecule has 0 heterocycles. The first-order chi connectivity index (χ1) is 16.6. The zero-order valence-corrected chi connectivity index (χ0v) is 20.6. The van der Waals surface area contributed by atoms with Gasteiger partial charge in [0.15, 0.2) is 23.0 Å². The lowest BCUT2D eigenvalue weighted by molar-refractivity contribution is 0.0920. The Balaban J connectivity index is 1.50. The molecule has 6 heteroatoms. The Bertz CT molecular complexity index is 971. The van der Waals surface area contributed by atoms with Crippen LogP contribution in [0.3, 0.4) is 0 Å². The van der Waals surface area contributed by atoms with Gasteiger partial charge in [0.05, 0.1) is 26.9 Å². The molecule has 2 aromatic rings. The molecule has 4 rings (SSSR count). The molecule has 1 amide bonds. The van der Waals surface area contributed by atoms with Gasteiger partial charge < -0.3 is 24.3 Å². The highest BCUT2D eigenvalue weighted by Crippen LogP contribution is 2.38. The van der Waals surface area contributed by atoms with Crippen LogP contribution in [0.2, 0.25) is 0 Å². The number of rotatable bonds is 11. The van der Waals surface area contributed by atoms with Crippen molar-refractivity contribution in [3.05, 3.63) is 47.5 Å². The highest BCUT2D eigenvalue weighted by Gasteiger charge is 2.29. The van der Waals surface area contributed by atoms with E-state index in [4.69, 9.17) is 18.9 Å². The zero-order valence-electron chi connectivity index (χ0n) is 20.6. The molecule has 6 nitrogen and oxygen atoms in total. The monoisotopic (exact) mass is 467 g/mol. The molecule has 34 heavy (non-hydrogen) atoms. The third-order valence-corrected chi connectivity index (χ3v) is 6.68. The van der Waals surface area contributed by atoms with Gasteiger partial charge in [0.1, 0.15) is 0 Å². The minimum absolute atomic E-state index is 0.0616. The maximum Gasteiger partial charge on any atom is 0.251 e. The Hall–Kier alpha value is -2.89. The fourth-order valence-electron chi connectivity index (χ4n) is 4.68. The molecular formula is C28H37NO5. The lowest BCUT2D eigenvalue weighted by atomic mass is 9.79. The molecule has 2 aliphatic rings. The number of hydrogen-bond acceptors (Lipinski definition) is 5. The number of amides is 1. The molecule has 2 saturated carbocycles. The van der Waals surface area contributed by atoms with Crippen molar-refractivity contribution in [1.29, 1.82) is 0 Å². The summed E-state index contributed by atoms with van der Waals surface area (Å²) in [4.78, 5) is 13.3. The molecule has 2 atom stereocenters. The van der Waals surface area contributed by atoms with Crippen LogP contribution in [0.1, 0.15) is 74.2 Å². The van der Waals surface area contributed by atoms with Crippen molar-refractivity contribution in [3.63, 3.8) is 0 Å². The molecular weight excluding hydrogens is 430 g/mol.